The third-order valence-corrected chi connectivity index (χ3v) is 2.39. The molecule has 3 nitrogen and oxygen atoms in total. The number of fused-ring (bicyclic) bond motifs is 1. The van der Waals surface area contributed by atoms with E-state index in [2.05, 4.69) is 9.72 Å². The van der Waals surface area contributed by atoms with Gasteiger partial charge in [-0.15, -0.1) is 0 Å². The fourth-order valence-corrected chi connectivity index (χ4v) is 1.53. The number of aromatic nitrogens is 1. The Hall–Kier alpha value is -1.55. The van der Waals surface area contributed by atoms with E-state index in [1.807, 2.05) is 0 Å². The van der Waals surface area contributed by atoms with Gasteiger partial charge >= 0.3 is 5.97 Å². The first-order chi connectivity index (χ1) is 7.13. The number of hydrogen-bond acceptors (Lipinski definition) is 2. The molecule has 0 saturated heterocycles. The molecule has 78 valence electrons. The van der Waals surface area contributed by atoms with Crippen LogP contribution in [0.1, 0.15) is 10.5 Å². The molecule has 15 heavy (non-hydrogen) atoms. The van der Waals surface area contributed by atoms with Crippen LogP contribution >= 0.6 is 11.6 Å². The number of H-pyrrole nitrogens is 1. The Morgan fingerprint density at radius 3 is 2.93 bits per heavy atom. The van der Waals surface area contributed by atoms with E-state index in [1.54, 1.807) is 6.07 Å². The van der Waals surface area contributed by atoms with Gasteiger partial charge in [0, 0.05) is 10.9 Å². The number of esters is 1. The van der Waals surface area contributed by atoms with Crippen LogP contribution in [0.5, 0.6) is 0 Å². The zero-order valence-corrected chi connectivity index (χ0v) is 8.56. The highest BCUT2D eigenvalue weighted by Gasteiger charge is 2.13. The molecule has 5 heteroatoms. The lowest BCUT2D eigenvalue weighted by Crippen LogP contribution is -2.00. The van der Waals surface area contributed by atoms with Crippen LogP contribution in [0.4, 0.5) is 4.39 Å². The lowest BCUT2D eigenvalue weighted by atomic mass is 10.2. The number of carbonyl (C=O) groups is 1. The van der Waals surface area contributed by atoms with Crippen LogP contribution in [-0.4, -0.2) is 18.1 Å². The minimum atomic E-state index is -0.541. The Balaban J connectivity index is 2.66. The summed E-state index contributed by atoms with van der Waals surface area (Å²) in [6, 6.07) is 4.41. The second-order valence-electron chi connectivity index (χ2n) is 3.00. The molecule has 0 unspecified atom stereocenters. The minimum Gasteiger partial charge on any atom is -0.464 e. The van der Waals surface area contributed by atoms with Gasteiger partial charge in [0.05, 0.1) is 12.1 Å². The predicted molar refractivity (Wildman–Crippen MR) is 54.6 cm³/mol. The average Bonchev–Trinajstić information content (AvgIpc) is 2.67. The monoisotopic (exact) mass is 227 g/mol. The molecule has 1 heterocycles. The standard InChI is InChI=1S/C10H7ClFNO2/c1-15-10(14)8-4-5-7(13-8)3-2-6(11)9(5)12/h2-4,13H,1H3. The van der Waals surface area contributed by atoms with Gasteiger partial charge in [-0.3, -0.25) is 0 Å². The van der Waals surface area contributed by atoms with Crippen LogP contribution in [0.3, 0.4) is 0 Å². The topological polar surface area (TPSA) is 42.1 Å². The molecular formula is C10H7ClFNO2. The van der Waals surface area contributed by atoms with Gasteiger partial charge in [-0.25, -0.2) is 9.18 Å². The summed E-state index contributed by atoms with van der Waals surface area (Å²) in [5, 5.41) is 0.306. The van der Waals surface area contributed by atoms with Crippen molar-refractivity contribution in [3.8, 4) is 0 Å². The number of rotatable bonds is 1. The molecule has 0 atom stereocenters. The van der Waals surface area contributed by atoms with E-state index in [0.29, 0.717) is 5.52 Å². The number of benzene rings is 1. The first-order valence-electron chi connectivity index (χ1n) is 4.18. The van der Waals surface area contributed by atoms with Crippen LogP contribution in [0.2, 0.25) is 5.02 Å². The SMILES string of the molecule is COC(=O)c1cc2c(F)c(Cl)ccc2[nH]1. The Bertz CT molecular complexity index is 535. The summed E-state index contributed by atoms with van der Waals surface area (Å²) in [6.07, 6.45) is 0. The van der Waals surface area contributed by atoms with Crippen molar-refractivity contribution >= 4 is 28.5 Å². The van der Waals surface area contributed by atoms with Gasteiger partial charge in [-0.05, 0) is 18.2 Å². The molecule has 0 saturated carbocycles. The van der Waals surface area contributed by atoms with E-state index in [-0.39, 0.29) is 16.1 Å². The van der Waals surface area contributed by atoms with Crippen LogP contribution in [-0.2, 0) is 4.74 Å². The highest BCUT2D eigenvalue weighted by Crippen LogP contribution is 2.25. The maximum absolute atomic E-state index is 13.5. The summed E-state index contributed by atoms with van der Waals surface area (Å²) in [4.78, 5) is 13.9. The van der Waals surface area contributed by atoms with Gasteiger partial charge in [0.2, 0.25) is 0 Å². The maximum atomic E-state index is 13.5. The van der Waals surface area contributed by atoms with Gasteiger partial charge in [0.15, 0.2) is 5.82 Å². The van der Waals surface area contributed by atoms with Crippen LogP contribution in [0.25, 0.3) is 10.9 Å². The second-order valence-corrected chi connectivity index (χ2v) is 3.40. The van der Waals surface area contributed by atoms with Crippen LogP contribution in [0, 0.1) is 5.82 Å². The number of carbonyl (C=O) groups excluding carboxylic acids is 1. The maximum Gasteiger partial charge on any atom is 0.354 e. The smallest absolute Gasteiger partial charge is 0.354 e. The van der Waals surface area contributed by atoms with E-state index in [9.17, 15) is 9.18 Å². The van der Waals surface area contributed by atoms with Crippen molar-refractivity contribution in [3.63, 3.8) is 0 Å². The van der Waals surface area contributed by atoms with Crippen molar-refractivity contribution in [2.45, 2.75) is 0 Å². The van der Waals surface area contributed by atoms with Crippen molar-refractivity contribution in [1.82, 2.24) is 4.98 Å². The van der Waals surface area contributed by atoms with Gasteiger partial charge in [-0.2, -0.15) is 0 Å². The molecule has 0 radical (unpaired) electrons. The molecule has 0 spiro atoms. The van der Waals surface area contributed by atoms with Crippen molar-refractivity contribution in [2.24, 2.45) is 0 Å². The van der Waals surface area contributed by atoms with Crippen molar-refractivity contribution < 1.29 is 13.9 Å². The minimum absolute atomic E-state index is 0.0258. The van der Waals surface area contributed by atoms with Crippen molar-refractivity contribution in [1.29, 1.82) is 0 Å². The number of ether oxygens (including phenoxy) is 1. The summed E-state index contributed by atoms with van der Waals surface area (Å²) in [5.74, 6) is -1.08. The second kappa shape index (κ2) is 3.55. The fourth-order valence-electron chi connectivity index (χ4n) is 1.36. The lowest BCUT2D eigenvalue weighted by molar-refractivity contribution is 0.0595. The number of hydrogen-bond donors (Lipinski definition) is 1. The third kappa shape index (κ3) is 1.57. The van der Waals surface area contributed by atoms with E-state index in [0.717, 1.165) is 0 Å². The zero-order valence-electron chi connectivity index (χ0n) is 7.80. The Kier molecular flexibility index (Phi) is 2.36. The Labute approximate surface area is 89.8 Å². The number of methoxy groups -OCH3 is 1. The van der Waals surface area contributed by atoms with Crippen LogP contribution < -0.4 is 0 Å². The molecule has 0 aliphatic carbocycles. The van der Waals surface area contributed by atoms with Crippen molar-refractivity contribution in [3.05, 3.63) is 34.7 Å². The van der Waals surface area contributed by atoms with Crippen molar-refractivity contribution in [2.75, 3.05) is 7.11 Å². The fraction of sp³-hybridized carbons (Fsp3) is 0.100. The molecule has 1 N–H and O–H groups in total. The van der Waals surface area contributed by atoms with Gasteiger partial charge in [-0.1, -0.05) is 11.6 Å². The van der Waals surface area contributed by atoms with E-state index >= 15 is 0 Å². The molecule has 1 aromatic heterocycles. The summed E-state index contributed by atoms with van der Waals surface area (Å²) >= 11 is 5.61. The first kappa shape index (κ1) is 9.98. The van der Waals surface area contributed by atoms with Gasteiger partial charge in [0.1, 0.15) is 5.69 Å². The van der Waals surface area contributed by atoms with Gasteiger partial charge in [0.25, 0.3) is 0 Å². The zero-order chi connectivity index (χ0) is 11.0. The van der Waals surface area contributed by atoms with E-state index in [4.69, 9.17) is 11.6 Å². The summed E-state index contributed by atoms with van der Waals surface area (Å²) in [6.45, 7) is 0. The molecular weight excluding hydrogens is 221 g/mol. The number of nitrogens with one attached hydrogen (secondary N) is 1. The third-order valence-electron chi connectivity index (χ3n) is 2.10. The lowest BCUT2D eigenvalue weighted by Gasteiger charge is -1.93. The Morgan fingerprint density at radius 1 is 1.53 bits per heavy atom. The first-order valence-corrected chi connectivity index (χ1v) is 4.56. The van der Waals surface area contributed by atoms with E-state index in [1.165, 1.54) is 19.2 Å². The largest absolute Gasteiger partial charge is 0.464 e. The average molecular weight is 228 g/mol. The highest BCUT2D eigenvalue weighted by atomic mass is 35.5. The summed E-state index contributed by atoms with van der Waals surface area (Å²) in [7, 11) is 1.26. The number of aromatic amines is 1. The normalized spacial score (nSPS) is 10.6. The molecule has 0 aliphatic heterocycles. The Morgan fingerprint density at radius 2 is 2.27 bits per heavy atom. The van der Waals surface area contributed by atoms with Crippen LogP contribution in [0.15, 0.2) is 18.2 Å². The number of halogens is 2. The van der Waals surface area contributed by atoms with Gasteiger partial charge < -0.3 is 9.72 Å². The summed E-state index contributed by atoms with van der Waals surface area (Å²) < 4.78 is 18.0. The molecule has 1 aromatic carbocycles. The molecule has 2 rings (SSSR count). The van der Waals surface area contributed by atoms with E-state index < -0.39 is 11.8 Å². The predicted octanol–water partition coefficient (Wildman–Crippen LogP) is 2.75. The molecule has 0 aliphatic rings. The molecule has 0 amide bonds. The molecule has 2 aromatic rings. The highest BCUT2D eigenvalue weighted by molar-refractivity contribution is 6.31. The summed E-state index contributed by atoms with van der Waals surface area (Å²) in [5.41, 5.74) is 0.714. The molecule has 0 fully saturated rings. The molecule has 0 bridgehead atoms. The quantitative estimate of drug-likeness (QED) is 0.762.